The van der Waals surface area contributed by atoms with Gasteiger partial charge in [-0.15, -0.1) is 10.2 Å². The van der Waals surface area contributed by atoms with E-state index in [0.29, 0.717) is 11.5 Å². The fraction of sp³-hybridized carbons (Fsp3) is 0. The first-order chi connectivity index (χ1) is 12.7. The van der Waals surface area contributed by atoms with Crippen LogP contribution in [0.4, 0.5) is 5.69 Å². The third-order valence-electron chi connectivity index (χ3n) is 3.28. The first kappa shape index (κ1) is 16.7. The lowest BCUT2D eigenvalue weighted by Gasteiger charge is -2.07. The molecule has 1 aromatic heterocycles. The Morgan fingerprint density at radius 1 is 1.15 bits per heavy atom. The van der Waals surface area contributed by atoms with Crippen molar-refractivity contribution in [3.05, 3.63) is 66.1 Å². The van der Waals surface area contributed by atoms with Crippen LogP contribution in [0.2, 0.25) is 0 Å². The van der Waals surface area contributed by atoms with Crippen LogP contribution in [0.5, 0.6) is 11.5 Å². The van der Waals surface area contributed by atoms with Crippen LogP contribution in [-0.4, -0.2) is 31.7 Å². The second kappa shape index (κ2) is 7.59. The van der Waals surface area contributed by atoms with Crippen molar-refractivity contribution in [1.29, 1.82) is 5.26 Å². The fourth-order valence-corrected chi connectivity index (χ4v) is 2.00. The van der Waals surface area contributed by atoms with Crippen LogP contribution in [0.1, 0.15) is 16.2 Å². The first-order valence-electron chi connectivity index (χ1n) is 7.37. The number of nitriles is 1. The summed E-state index contributed by atoms with van der Waals surface area (Å²) in [5, 5.41) is 34.1. The summed E-state index contributed by atoms with van der Waals surface area (Å²) >= 11 is 0. The van der Waals surface area contributed by atoms with Crippen molar-refractivity contribution in [3.8, 4) is 17.6 Å². The first-order valence-corrected chi connectivity index (χ1v) is 7.37. The van der Waals surface area contributed by atoms with E-state index in [1.54, 1.807) is 36.4 Å². The minimum atomic E-state index is -0.988. The number of allylic oxidation sites excluding steroid dienone is 1. The number of nitrogens with one attached hydrogen (secondary N) is 2. The Hall–Kier alpha value is -4.19. The standard InChI is InChI=1S/C17H12N6O3/c18-9-12(16-20-22-23-21-16)10-19-13-3-7-15(8-4-13)26-14-5-1-11(2-6-14)17(24)25/h1-8,10,19H,(H,24,25)(H,20,21,22,23). The minimum Gasteiger partial charge on any atom is -0.478 e. The quantitative estimate of drug-likeness (QED) is 0.578. The average Bonchev–Trinajstić information content (AvgIpc) is 3.18. The van der Waals surface area contributed by atoms with Gasteiger partial charge >= 0.3 is 5.97 Å². The number of ether oxygens (including phenoxy) is 1. The highest BCUT2D eigenvalue weighted by molar-refractivity contribution is 5.87. The van der Waals surface area contributed by atoms with Gasteiger partial charge in [0, 0.05) is 11.9 Å². The van der Waals surface area contributed by atoms with Crippen molar-refractivity contribution >= 4 is 17.2 Å². The normalized spacial score (nSPS) is 10.8. The summed E-state index contributed by atoms with van der Waals surface area (Å²) in [6, 6.07) is 15.1. The molecule has 1 heterocycles. The van der Waals surface area contributed by atoms with Gasteiger partial charge in [0.2, 0.25) is 5.82 Å². The van der Waals surface area contributed by atoms with Crippen LogP contribution in [0.25, 0.3) is 5.57 Å². The van der Waals surface area contributed by atoms with E-state index in [1.807, 2.05) is 6.07 Å². The number of anilines is 1. The van der Waals surface area contributed by atoms with Crippen molar-refractivity contribution in [2.45, 2.75) is 0 Å². The number of tetrazole rings is 1. The number of hydrogen-bond donors (Lipinski definition) is 3. The molecule has 0 spiro atoms. The smallest absolute Gasteiger partial charge is 0.335 e. The highest BCUT2D eigenvalue weighted by atomic mass is 16.5. The third kappa shape index (κ3) is 4.01. The minimum absolute atomic E-state index is 0.193. The molecule has 9 heteroatoms. The number of nitrogens with zero attached hydrogens (tertiary/aromatic N) is 4. The Labute approximate surface area is 147 Å². The number of carbonyl (C=O) groups is 1. The number of carboxylic acid groups (broad SMARTS) is 1. The van der Waals surface area contributed by atoms with Gasteiger partial charge in [-0.25, -0.2) is 4.79 Å². The molecule has 26 heavy (non-hydrogen) atoms. The van der Waals surface area contributed by atoms with E-state index in [4.69, 9.17) is 15.1 Å². The Morgan fingerprint density at radius 3 is 2.35 bits per heavy atom. The maximum atomic E-state index is 10.8. The molecule has 0 amide bonds. The Balaban J connectivity index is 1.65. The molecule has 0 unspecified atom stereocenters. The van der Waals surface area contributed by atoms with E-state index >= 15 is 0 Å². The molecule has 0 saturated heterocycles. The van der Waals surface area contributed by atoms with Gasteiger partial charge in [-0.1, -0.05) is 0 Å². The molecule has 0 fully saturated rings. The lowest BCUT2D eigenvalue weighted by molar-refractivity contribution is 0.0697. The van der Waals surface area contributed by atoms with Gasteiger partial charge in [0.05, 0.1) is 5.56 Å². The van der Waals surface area contributed by atoms with Crippen LogP contribution in [0.15, 0.2) is 54.7 Å². The molecule has 0 saturated carbocycles. The molecule has 0 aliphatic carbocycles. The molecule has 3 aromatic rings. The summed E-state index contributed by atoms with van der Waals surface area (Å²) in [7, 11) is 0. The highest BCUT2D eigenvalue weighted by Crippen LogP contribution is 2.23. The van der Waals surface area contributed by atoms with Gasteiger partial charge in [0.1, 0.15) is 23.1 Å². The Morgan fingerprint density at radius 2 is 1.81 bits per heavy atom. The summed E-state index contributed by atoms with van der Waals surface area (Å²) in [4.78, 5) is 10.8. The fourth-order valence-electron chi connectivity index (χ4n) is 2.00. The van der Waals surface area contributed by atoms with Gasteiger partial charge < -0.3 is 15.2 Å². The summed E-state index contributed by atoms with van der Waals surface area (Å²) < 4.78 is 5.65. The molecule has 2 aromatic carbocycles. The summed E-state index contributed by atoms with van der Waals surface area (Å²) in [5.41, 5.74) is 1.16. The number of rotatable bonds is 6. The SMILES string of the molecule is N#CC(=CNc1ccc(Oc2ccc(C(=O)O)cc2)cc1)c1nn[nH]n1. The predicted octanol–water partition coefficient (Wildman–Crippen LogP) is 2.67. The number of H-pyrrole nitrogens is 1. The summed E-state index contributed by atoms with van der Waals surface area (Å²) in [5.74, 6) is 0.322. The zero-order valence-electron chi connectivity index (χ0n) is 13.2. The lowest BCUT2D eigenvalue weighted by atomic mass is 10.2. The highest BCUT2D eigenvalue weighted by Gasteiger charge is 2.06. The molecule has 3 rings (SSSR count). The van der Waals surface area contributed by atoms with Crippen molar-refractivity contribution in [2.24, 2.45) is 0 Å². The van der Waals surface area contributed by atoms with Gasteiger partial charge in [0.25, 0.3) is 0 Å². The van der Waals surface area contributed by atoms with E-state index in [0.717, 1.165) is 5.69 Å². The lowest BCUT2D eigenvalue weighted by Crippen LogP contribution is -1.95. The summed E-state index contributed by atoms with van der Waals surface area (Å²) in [6.07, 6.45) is 1.48. The van der Waals surface area contributed by atoms with Gasteiger partial charge in [-0.05, 0) is 53.7 Å². The molecular weight excluding hydrogens is 336 g/mol. The van der Waals surface area contributed by atoms with Gasteiger partial charge in [-0.2, -0.15) is 10.5 Å². The molecule has 9 nitrogen and oxygen atoms in total. The number of aromatic amines is 1. The predicted molar refractivity (Wildman–Crippen MR) is 91.3 cm³/mol. The number of benzene rings is 2. The van der Waals surface area contributed by atoms with Crippen LogP contribution in [0, 0.1) is 11.3 Å². The van der Waals surface area contributed by atoms with Crippen LogP contribution in [-0.2, 0) is 0 Å². The maximum absolute atomic E-state index is 10.8. The Kier molecular flexibility index (Phi) is 4.86. The topological polar surface area (TPSA) is 137 Å². The number of carboxylic acids is 1. The molecule has 3 N–H and O–H groups in total. The molecule has 0 bridgehead atoms. The van der Waals surface area contributed by atoms with Crippen molar-refractivity contribution in [2.75, 3.05) is 5.32 Å². The van der Waals surface area contributed by atoms with Gasteiger partial charge in [-0.3, -0.25) is 0 Å². The van der Waals surface area contributed by atoms with E-state index in [1.165, 1.54) is 18.3 Å². The molecule has 0 aliphatic heterocycles. The average molecular weight is 348 g/mol. The zero-order valence-corrected chi connectivity index (χ0v) is 13.2. The largest absolute Gasteiger partial charge is 0.478 e. The van der Waals surface area contributed by atoms with Crippen molar-refractivity contribution in [1.82, 2.24) is 20.6 Å². The number of aromatic nitrogens is 4. The summed E-state index contributed by atoms with van der Waals surface area (Å²) in [6.45, 7) is 0. The molecule has 128 valence electrons. The van der Waals surface area contributed by atoms with E-state index in [9.17, 15) is 4.79 Å². The third-order valence-corrected chi connectivity index (χ3v) is 3.28. The zero-order chi connectivity index (χ0) is 18.4. The van der Waals surface area contributed by atoms with Crippen molar-refractivity contribution < 1.29 is 14.6 Å². The number of hydrogen-bond acceptors (Lipinski definition) is 7. The Bertz CT molecular complexity index is 957. The van der Waals surface area contributed by atoms with E-state index in [2.05, 4.69) is 25.9 Å². The second-order valence-corrected chi connectivity index (χ2v) is 5.01. The van der Waals surface area contributed by atoms with E-state index in [-0.39, 0.29) is 17.0 Å². The van der Waals surface area contributed by atoms with Gasteiger partial charge in [0.15, 0.2) is 0 Å². The monoisotopic (exact) mass is 348 g/mol. The number of aromatic carboxylic acids is 1. The van der Waals surface area contributed by atoms with Crippen LogP contribution < -0.4 is 10.1 Å². The second-order valence-electron chi connectivity index (χ2n) is 5.01. The van der Waals surface area contributed by atoms with Crippen LogP contribution in [0.3, 0.4) is 0 Å². The van der Waals surface area contributed by atoms with Crippen molar-refractivity contribution in [3.63, 3.8) is 0 Å². The maximum Gasteiger partial charge on any atom is 0.335 e. The molecular formula is C17H12N6O3. The van der Waals surface area contributed by atoms with E-state index < -0.39 is 5.97 Å². The van der Waals surface area contributed by atoms with Crippen LogP contribution >= 0.6 is 0 Å². The molecule has 0 aliphatic rings. The molecule has 0 radical (unpaired) electrons. The molecule has 0 atom stereocenters.